The lowest BCUT2D eigenvalue weighted by Gasteiger charge is -2.20. The highest BCUT2D eigenvalue weighted by atomic mass is 19.1. The number of esters is 1. The Bertz CT molecular complexity index is 847. The van der Waals surface area contributed by atoms with E-state index < -0.39 is 11.8 Å². The SMILES string of the molecule is COC(=O)CN(C)C(=N)c1cc(F)ccc1C=C(C=O)c1ccccc1. The van der Waals surface area contributed by atoms with Crippen molar-refractivity contribution in [3.8, 4) is 0 Å². The molecule has 0 aliphatic carbocycles. The molecule has 0 radical (unpaired) electrons. The van der Waals surface area contributed by atoms with Gasteiger partial charge in [0, 0.05) is 18.2 Å². The lowest BCUT2D eigenvalue weighted by Crippen LogP contribution is -2.33. The van der Waals surface area contributed by atoms with Gasteiger partial charge in [0.25, 0.3) is 0 Å². The highest BCUT2D eigenvalue weighted by molar-refractivity contribution is 6.14. The zero-order chi connectivity index (χ0) is 19.1. The number of nitrogens with one attached hydrogen (secondary N) is 1. The molecule has 0 aliphatic rings. The Morgan fingerprint density at radius 3 is 2.54 bits per heavy atom. The van der Waals surface area contributed by atoms with Crippen molar-refractivity contribution in [3.63, 3.8) is 0 Å². The summed E-state index contributed by atoms with van der Waals surface area (Å²) in [7, 11) is 2.79. The molecular weight excluding hydrogens is 335 g/mol. The number of ether oxygens (including phenoxy) is 1. The minimum atomic E-state index is -0.513. The van der Waals surface area contributed by atoms with E-state index in [4.69, 9.17) is 5.41 Å². The number of carbonyl (C=O) groups excluding carboxylic acids is 2. The Labute approximate surface area is 151 Å². The Morgan fingerprint density at radius 2 is 1.92 bits per heavy atom. The van der Waals surface area contributed by atoms with Gasteiger partial charge in [-0.1, -0.05) is 36.4 Å². The topological polar surface area (TPSA) is 70.5 Å². The number of benzene rings is 2. The van der Waals surface area contributed by atoms with Gasteiger partial charge in [-0.05, 0) is 29.3 Å². The van der Waals surface area contributed by atoms with Crippen molar-refractivity contribution in [1.29, 1.82) is 5.41 Å². The van der Waals surface area contributed by atoms with Gasteiger partial charge >= 0.3 is 5.97 Å². The van der Waals surface area contributed by atoms with Crippen LogP contribution < -0.4 is 0 Å². The van der Waals surface area contributed by atoms with Crippen LogP contribution in [0.5, 0.6) is 0 Å². The fourth-order valence-electron chi connectivity index (χ4n) is 2.39. The van der Waals surface area contributed by atoms with Crippen LogP contribution in [0.15, 0.2) is 48.5 Å². The summed E-state index contributed by atoms with van der Waals surface area (Å²) in [5, 5.41) is 8.28. The van der Waals surface area contributed by atoms with Crippen LogP contribution in [0.3, 0.4) is 0 Å². The van der Waals surface area contributed by atoms with E-state index in [9.17, 15) is 14.0 Å². The minimum Gasteiger partial charge on any atom is -0.468 e. The third-order valence-electron chi connectivity index (χ3n) is 3.79. The molecule has 5 nitrogen and oxygen atoms in total. The van der Waals surface area contributed by atoms with Crippen LogP contribution in [0.1, 0.15) is 16.7 Å². The first-order chi connectivity index (χ1) is 12.5. The molecule has 0 aliphatic heterocycles. The average Bonchev–Trinajstić information content (AvgIpc) is 2.66. The van der Waals surface area contributed by atoms with Crippen molar-refractivity contribution in [1.82, 2.24) is 4.90 Å². The molecule has 134 valence electrons. The fraction of sp³-hybridized carbons (Fsp3) is 0.150. The molecule has 6 heteroatoms. The van der Waals surface area contributed by atoms with Crippen LogP contribution in [-0.2, 0) is 14.3 Å². The molecule has 0 aromatic heterocycles. The fourth-order valence-corrected chi connectivity index (χ4v) is 2.39. The van der Waals surface area contributed by atoms with Gasteiger partial charge < -0.3 is 9.64 Å². The zero-order valence-corrected chi connectivity index (χ0v) is 14.5. The van der Waals surface area contributed by atoms with Crippen LogP contribution in [-0.4, -0.2) is 43.7 Å². The molecule has 0 spiro atoms. The summed E-state index contributed by atoms with van der Waals surface area (Å²) in [6, 6.07) is 13.0. The van der Waals surface area contributed by atoms with E-state index >= 15 is 0 Å². The molecule has 26 heavy (non-hydrogen) atoms. The third-order valence-corrected chi connectivity index (χ3v) is 3.79. The number of hydrogen-bond acceptors (Lipinski definition) is 4. The Morgan fingerprint density at radius 1 is 1.23 bits per heavy atom. The summed E-state index contributed by atoms with van der Waals surface area (Å²) in [5.74, 6) is -1.08. The quantitative estimate of drug-likeness (QED) is 0.216. The molecular formula is C20H19FN2O3. The summed E-state index contributed by atoms with van der Waals surface area (Å²) in [6.07, 6.45) is 2.31. The van der Waals surface area contributed by atoms with E-state index in [-0.39, 0.29) is 17.9 Å². The molecule has 2 aromatic rings. The molecule has 0 unspecified atom stereocenters. The third kappa shape index (κ3) is 4.63. The molecule has 0 fully saturated rings. The first kappa shape index (κ1) is 19.1. The van der Waals surface area contributed by atoms with E-state index in [2.05, 4.69) is 4.74 Å². The second-order valence-corrected chi connectivity index (χ2v) is 5.60. The zero-order valence-electron chi connectivity index (χ0n) is 14.5. The Kier molecular flexibility index (Phi) is 6.38. The maximum atomic E-state index is 13.7. The Balaban J connectivity index is 2.44. The predicted molar refractivity (Wildman–Crippen MR) is 98.3 cm³/mol. The highest BCUT2D eigenvalue weighted by Crippen LogP contribution is 2.21. The van der Waals surface area contributed by atoms with Gasteiger partial charge in [0.15, 0.2) is 6.29 Å². The molecule has 0 amide bonds. The molecule has 0 saturated carbocycles. The lowest BCUT2D eigenvalue weighted by atomic mass is 9.99. The van der Waals surface area contributed by atoms with Gasteiger partial charge in [-0.15, -0.1) is 0 Å². The van der Waals surface area contributed by atoms with Crippen LogP contribution in [0.4, 0.5) is 4.39 Å². The second-order valence-electron chi connectivity index (χ2n) is 5.60. The first-order valence-corrected chi connectivity index (χ1v) is 7.85. The smallest absolute Gasteiger partial charge is 0.325 e. The van der Waals surface area contributed by atoms with Gasteiger partial charge in [-0.3, -0.25) is 15.0 Å². The van der Waals surface area contributed by atoms with Gasteiger partial charge in [0.05, 0.1) is 7.11 Å². The van der Waals surface area contributed by atoms with Crippen LogP contribution in [0.25, 0.3) is 11.6 Å². The van der Waals surface area contributed by atoms with Crippen molar-refractivity contribution in [2.45, 2.75) is 0 Å². The average molecular weight is 354 g/mol. The van der Waals surface area contributed by atoms with Crippen molar-refractivity contribution < 1.29 is 18.7 Å². The maximum absolute atomic E-state index is 13.7. The summed E-state index contributed by atoms with van der Waals surface area (Å²) in [5.41, 5.74) is 1.89. The maximum Gasteiger partial charge on any atom is 0.325 e. The molecule has 0 bridgehead atoms. The highest BCUT2D eigenvalue weighted by Gasteiger charge is 2.16. The number of amidine groups is 1. The van der Waals surface area contributed by atoms with Crippen LogP contribution in [0, 0.1) is 11.2 Å². The number of rotatable bonds is 6. The van der Waals surface area contributed by atoms with Crippen LogP contribution >= 0.6 is 0 Å². The Hall–Kier alpha value is -3.28. The van der Waals surface area contributed by atoms with Crippen molar-refractivity contribution in [2.75, 3.05) is 20.7 Å². The molecule has 1 N–H and O–H groups in total. The van der Waals surface area contributed by atoms with E-state index in [0.717, 1.165) is 0 Å². The standard InChI is InChI=1S/C20H19FN2O3/c1-23(12-19(25)26-2)20(22)18-11-17(21)9-8-15(18)10-16(13-24)14-6-4-3-5-7-14/h3-11,13,22H,12H2,1-2H3. The van der Waals surface area contributed by atoms with Gasteiger partial charge in [0.1, 0.15) is 18.2 Å². The normalized spacial score (nSPS) is 11.0. The van der Waals surface area contributed by atoms with Crippen LogP contribution in [0.2, 0.25) is 0 Å². The lowest BCUT2D eigenvalue weighted by molar-refractivity contribution is -0.140. The van der Waals surface area contributed by atoms with Gasteiger partial charge in [-0.25, -0.2) is 4.39 Å². The number of hydrogen-bond donors (Lipinski definition) is 1. The van der Waals surface area contributed by atoms with Gasteiger partial charge in [-0.2, -0.15) is 0 Å². The van der Waals surface area contributed by atoms with Crippen molar-refractivity contribution >= 4 is 29.7 Å². The summed E-state index contributed by atoms with van der Waals surface area (Å²) < 4.78 is 18.3. The molecule has 2 rings (SSSR count). The summed E-state index contributed by atoms with van der Waals surface area (Å²) >= 11 is 0. The monoisotopic (exact) mass is 354 g/mol. The van der Waals surface area contributed by atoms with E-state index in [1.54, 1.807) is 18.2 Å². The number of carbonyl (C=O) groups is 2. The second kappa shape index (κ2) is 8.71. The molecule has 0 atom stereocenters. The summed E-state index contributed by atoms with van der Waals surface area (Å²) in [4.78, 5) is 24.3. The number of aldehydes is 1. The summed E-state index contributed by atoms with van der Waals surface area (Å²) in [6.45, 7) is -0.145. The number of methoxy groups -OCH3 is 1. The minimum absolute atomic E-state index is 0.0561. The van der Waals surface area contributed by atoms with E-state index in [1.807, 2.05) is 18.2 Å². The largest absolute Gasteiger partial charge is 0.468 e. The number of halogens is 1. The molecule has 2 aromatic carbocycles. The molecule has 0 saturated heterocycles. The van der Waals surface area contributed by atoms with E-state index in [1.165, 1.54) is 37.3 Å². The van der Waals surface area contributed by atoms with Gasteiger partial charge in [0.2, 0.25) is 0 Å². The number of likely N-dealkylation sites (N-methyl/N-ethyl adjacent to an activating group) is 1. The predicted octanol–water partition coefficient (Wildman–Crippen LogP) is 3.00. The first-order valence-electron chi connectivity index (χ1n) is 7.85. The number of allylic oxidation sites excluding steroid dienone is 1. The van der Waals surface area contributed by atoms with Crippen molar-refractivity contribution in [2.24, 2.45) is 0 Å². The van der Waals surface area contributed by atoms with Crippen molar-refractivity contribution in [3.05, 3.63) is 71.0 Å². The number of nitrogens with zero attached hydrogens (tertiary/aromatic N) is 1. The van der Waals surface area contributed by atoms with E-state index in [0.29, 0.717) is 23.0 Å². The molecule has 0 heterocycles.